The Morgan fingerprint density at radius 2 is 1.69 bits per heavy atom. The Labute approximate surface area is 202 Å². The summed E-state index contributed by atoms with van der Waals surface area (Å²) in [5.41, 5.74) is 6.37. The first kappa shape index (κ1) is 23.7. The number of nitrogens with zero attached hydrogens (tertiary/aromatic N) is 2. The zero-order valence-corrected chi connectivity index (χ0v) is 19.9. The zero-order chi connectivity index (χ0) is 25.1. The number of carbonyl (C=O) groups excluding carboxylic acids is 3. The van der Waals surface area contributed by atoms with E-state index in [0.29, 0.717) is 34.0 Å². The molecule has 1 N–H and O–H groups in total. The minimum absolute atomic E-state index is 0.277. The van der Waals surface area contributed by atoms with Crippen molar-refractivity contribution in [2.75, 3.05) is 19.1 Å². The number of pyridine rings is 1. The Morgan fingerprint density at radius 3 is 2.40 bits per heavy atom. The first-order valence-electron chi connectivity index (χ1n) is 11.0. The lowest BCUT2D eigenvalue weighted by atomic mass is 10.1. The number of ether oxygens (including phenoxy) is 2. The van der Waals surface area contributed by atoms with Crippen LogP contribution in [0.4, 0.5) is 0 Å². The van der Waals surface area contributed by atoms with E-state index >= 15 is 0 Å². The van der Waals surface area contributed by atoms with Gasteiger partial charge in [-0.2, -0.15) is 0 Å². The van der Waals surface area contributed by atoms with Gasteiger partial charge in [-0.1, -0.05) is 18.2 Å². The summed E-state index contributed by atoms with van der Waals surface area (Å²) in [6, 6.07) is 17.5. The summed E-state index contributed by atoms with van der Waals surface area (Å²) in [6.45, 7) is 4.77. The van der Waals surface area contributed by atoms with Crippen molar-refractivity contribution in [1.82, 2.24) is 9.66 Å². The molecule has 4 aromatic rings. The Morgan fingerprint density at radius 1 is 0.943 bits per heavy atom. The normalized spacial score (nSPS) is 10.7. The summed E-state index contributed by atoms with van der Waals surface area (Å²) in [7, 11) is 1.56. The van der Waals surface area contributed by atoms with Crippen LogP contribution in [0.1, 0.15) is 48.2 Å². The molecule has 0 radical (unpaired) electrons. The molecule has 0 aliphatic carbocycles. The lowest BCUT2D eigenvalue weighted by molar-refractivity contribution is 0.0473. The largest absolute Gasteiger partial charge is 0.497 e. The molecule has 0 spiro atoms. The van der Waals surface area contributed by atoms with Crippen molar-refractivity contribution in [2.45, 2.75) is 20.8 Å². The van der Waals surface area contributed by atoms with Crippen LogP contribution in [0, 0.1) is 20.8 Å². The van der Waals surface area contributed by atoms with Gasteiger partial charge in [-0.3, -0.25) is 24.7 Å². The van der Waals surface area contributed by atoms with E-state index in [1.165, 1.54) is 0 Å². The first-order valence-corrected chi connectivity index (χ1v) is 11.0. The first-order chi connectivity index (χ1) is 16.8. The maximum atomic E-state index is 12.9. The average Bonchev–Trinajstić information content (AvgIpc) is 3.15. The van der Waals surface area contributed by atoms with Crippen molar-refractivity contribution in [2.24, 2.45) is 0 Å². The SMILES string of the molecule is COc1ccc2nc(C)c(C(=O)OCC(=O)c3cc(C)n(NC(=O)c4ccccc4)c3C)cc2c1. The molecule has 8 heteroatoms. The number of esters is 1. The minimum Gasteiger partial charge on any atom is -0.497 e. The van der Waals surface area contributed by atoms with Gasteiger partial charge in [-0.15, -0.1) is 0 Å². The second-order valence-electron chi connectivity index (χ2n) is 8.11. The number of ketones is 1. The van der Waals surface area contributed by atoms with E-state index in [4.69, 9.17) is 9.47 Å². The average molecular weight is 472 g/mol. The van der Waals surface area contributed by atoms with Gasteiger partial charge in [0.25, 0.3) is 5.91 Å². The van der Waals surface area contributed by atoms with Gasteiger partial charge in [0.05, 0.1) is 23.9 Å². The summed E-state index contributed by atoms with van der Waals surface area (Å²) < 4.78 is 12.1. The van der Waals surface area contributed by atoms with Gasteiger partial charge >= 0.3 is 5.97 Å². The Bertz CT molecular complexity index is 1440. The Balaban J connectivity index is 1.48. The molecule has 2 heterocycles. The predicted octanol–water partition coefficient (Wildman–Crippen LogP) is 4.39. The summed E-state index contributed by atoms with van der Waals surface area (Å²) >= 11 is 0. The molecular weight excluding hydrogens is 446 g/mol. The van der Waals surface area contributed by atoms with Crippen molar-refractivity contribution in [3.05, 3.63) is 94.4 Å². The molecule has 2 aromatic heterocycles. The fourth-order valence-electron chi connectivity index (χ4n) is 3.84. The number of methoxy groups -OCH3 is 1. The van der Waals surface area contributed by atoms with E-state index in [-0.39, 0.29) is 17.3 Å². The van der Waals surface area contributed by atoms with Crippen molar-refractivity contribution in [3.63, 3.8) is 0 Å². The minimum atomic E-state index is -0.640. The molecule has 4 rings (SSSR count). The fraction of sp³-hybridized carbons (Fsp3) is 0.185. The van der Waals surface area contributed by atoms with E-state index in [2.05, 4.69) is 10.4 Å². The summed E-state index contributed by atoms with van der Waals surface area (Å²) in [4.78, 5) is 42.6. The molecule has 1 amide bonds. The molecule has 0 saturated heterocycles. The highest BCUT2D eigenvalue weighted by Crippen LogP contribution is 2.22. The zero-order valence-electron chi connectivity index (χ0n) is 19.9. The fourth-order valence-corrected chi connectivity index (χ4v) is 3.84. The molecular formula is C27H25N3O5. The monoisotopic (exact) mass is 471 g/mol. The molecule has 35 heavy (non-hydrogen) atoms. The van der Waals surface area contributed by atoms with Crippen molar-refractivity contribution < 1.29 is 23.9 Å². The van der Waals surface area contributed by atoms with Crippen LogP contribution in [0.3, 0.4) is 0 Å². The van der Waals surface area contributed by atoms with Crippen molar-refractivity contribution in [1.29, 1.82) is 0 Å². The van der Waals surface area contributed by atoms with Gasteiger partial charge in [0, 0.05) is 27.9 Å². The van der Waals surface area contributed by atoms with Crippen molar-refractivity contribution >= 4 is 28.6 Å². The Kier molecular flexibility index (Phi) is 6.64. The van der Waals surface area contributed by atoms with E-state index in [9.17, 15) is 14.4 Å². The number of benzene rings is 2. The number of nitrogens with one attached hydrogen (secondary N) is 1. The van der Waals surface area contributed by atoms with Gasteiger partial charge in [-0.25, -0.2) is 4.79 Å². The smallest absolute Gasteiger partial charge is 0.340 e. The van der Waals surface area contributed by atoms with Gasteiger partial charge in [0.15, 0.2) is 6.61 Å². The highest BCUT2D eigenvalue weighted by atomic mass is 16.5. The number of fused-ring (bicyclic) bond motifs is 1. The summed E-state index contributed by atoms with van der Waals surface area (Å²) in [5, 5.41) is 0.728. The number of aromatic nitrogens is 2. The van der Waals surface area contributed by atoms with Crippen LogP contribution in [-0.2, 0) is 4.74 Å². The van der Waals surface area contributed by atoms with E-state index in [1.807, 2.05) is 12.1 Å². The third-order valence-electron chi connectivity index (χ3n) is 5.75. The second kappa shape index (κ2) is 9.80. The quantitative estimate of drug-likeness (QED) is 0.317. The number of amides is 1. The van der Waals surface area contributed by atoms with Crippen LogP contribution in [0.25, 0.3) is 10.9 Å². The summed E-state index contributed by atoms with van der Waals surface area (Å²) in [5.74, 6) is -0.667. The molecule has 0 aliphatic rings. The van der Waals surface area contributed by atoms with Crippen LogP contribution in [-0.4, -0.2) is 41.0 Å². The van der Waals surface area contributed by atoms with Crippen LogP contribution in [0.5, 0.6) is 5.75 Å². The summed E-state index contributed by atoms with van der Waals surface area (Å²) in [6.07, 6.45) is 0. The molecule has 0 fully saturated rings. The third kappa shape index (κ3) is 4.91. The molecule has 0 unspecified atom stereocenters. The number of hydrogen-bond donors (Lipinski definition) is 1. The van der Waals surface area contributed by atoms with Crippen LogP contribution in [0.2, 0.25) is 0 Å². The van der Waals surface area contributed by atoms with Gasteiger partial charge < -0.3 is 9.47 Å². The number of hydrogen-bond acceptors (Lipinski definition) is 6. The molecule has 0 atom stereocenters. The highest BCUT2D eigenvalue weighted by molar-refractivity contribution is 6.03. The second-order valence-corrected chi connectivity index (χ2v) is 8.11. The molecule has 0 saturated carbocycles. The number of rotatable bonds is 7. The molecule has 178 valence electrons. The lowest BCUT2D eigenvalue weighted by Gasteiger charge is -2.12. The predicted molar refractivity (Wildman–Crippen MR) is 132 cm³/mol. The topological polar surface area (TPSA) is 99.5 Å². The Hall–Kier alpha value is -4.46. The van der Waals surface area contributed by atoms with Crippen molar-refractivity contribution in [3.8, 4) is 5.75 Å². The van der Waals surface area contributed by atoms with Gasteiger partial charge in [0.1, 0.15) is 5.75 Å². The number of Topliss-reactive ketones (excluding diaryl/α,β-unsaturated/α-hetero) is 1. The number of carbonyl (C=O) groups is 3. The molecule has 0 bridgehead atoms. The van der Waals surface area contributed by atoms with Crippen LogP contribution < -0.4 is 10.2 Å². The van der Waals surface area contributed by atoms with Gasteiger partial charge in [0.2, 0.25) is 5.78 Å². The molecule has 8 nitrogen and oxygen atoms in total. The molecule has 2 aromatic carbocycles. The van der Waals surface area contributed by atoms with Crippen LogP contribution >= 0.6 is 0 Å². The van der Waals surface area contributed by atoms with Crippen LogP contribution in [0.15, 0.2) is 60.7 Å². The highest BCUT2D eigenvalue weighted by Gasteiger charge is 2.20. The van der Waals surface area contributed by atoms with E-state index in [1.54, 1.807) is 81.1 Å². The van der Waals surface area contributed by atoms with E-state index in [0.717, 1.165) is 10.9 Å². The molecule has 0 aliphatic heterocycles. The number of aryl methyl sites for hydroxylation is 2. The lowest BCUT2D eigenvalue weighted by Crippen LogP contribution is -2.25. The third-order valence-corrected chi connectivity index (χ3v) is 5.75. The van der Waals surface area contributed by atoms with E-state index < -0.39 is 12.6 Å². The van der Waals surface area contributed by atoms with Gasteiger partial charge in [-0.05, 0) is 63.2 Å². The standard InChI is InChI=1S/C27H25N3O5/c1-16-12-23(18(3)30(16)29-26(32)19-8-6-5-7-9-19)25(31)15-35-27(33)22-14-20-13-21(34-4)10-11-24(20)28-17(22)2/h5-14H,15H2,1-4H3,(H,29,32). The maximum Gasteiger partial charge on any atom is 0.340 e. The maximum absolute atomic E-state index is 12.9.